The molecule has 1 aliphatic heterocycles. The molecular formula is C21H15ClN2O4S2. The fraction of sp³-hybridized carbons (Fsp3) is 0.143. The van der Waals surface area contributed by atoms with Gasteiger partial charge in [0.05, 0.1) is 17.8 Å². The highest BCUT2D eigenvalue weighted by atomic mass is 35.5. The number of aromatic nitrogens is 1. The Kier molecular flexibility index (Phi) is 4.98. The van der Waals surface area contributed by atoms with Crippen molar-refractivity contribution in [1.29, 1.82) is 0 Å². The summed E-state index contributed by atoms with van der Waals surface area (Å²) in [5.74, 6) is 1.83. The summed E-state index contributed by atoms with van der Waals surface area (Å²) in [7, 11) is 1.59. The van der Waals surface area contributed by atoms with Crippen LogP contribution < -0.4 is 19.5 Å². The molecule has 9 heteroatoms. The van der Waals surface area contributed by atoms with Gasteiger partial charge in [-0.05, 0) is 36.4 Å². The van der Waals surface area contributed by atoms with Crippen LogP contribution in [0.1, 0.15) is 9.67 Å². The summed E-state index contributed by atoms with van der Waals surface area (Å²) >= 11 is 9.15. The van der Waals surface area contributed by atoms with Crippen LogP contribution in [0.2, 0.25) is 5.02 Å². The molecule has 30 heavy (non-hydrogen) atoms. The first-order valence-corrected chi connectivity index (χ1v) is 11.1. The van der Waals surface area contributed by atoms with Crippen LogP contribution in [0.5, 0.6) is 17.2 Å². The summed E-state index contributed by atoms with van der Waals surface area (Å²) in [6.45, 7) is 1.07. The van der Waals surface area contributed by atoms with Crippen molar-refractivity contribution >= 4 is 55.4 Å². The van der Waals surface area contributed by atoms with Crippen LogP contribution in [0.15, 0.2) is 41.8 Å². The van der Waals surface area contributed by atoms with E-state index in [0.717, 1.165) is 27.1 Å². The number of carbonyl (C=O) groups is 1. The van der Waals surface area contributed by atoms with Crippen LogP contribution in [0.3, 0.4) is 0 Å². The number of nitrogens with one attached hydrogen (secondary N) is 1. The van der Waals surface area contributed by atoms with Gasteiger partial charge in [0.25, 0.3) is 5.91 Å². The van der Waals surface area contributed by atoms with Crippen LogP contribution in [0, 0.1) is 0 Å². The lowest BCUT2D eigenvalue weighted by Crippen LogP contribution is -2.15. The van der Waals surface area contributed by atoms with Crippen LogP contribution in [-0.4, -0.2) is 31.2 Å². The Bertz CT molecular complexity index is 1270. The van der Waals surface area contributed by atoms with Crippen molar-refractivity contribution in [3.05, 3.63) is 51.7 Å². The van der Waals surface area contributed by atoms with Crippen LogP contribution >= 0.6 is 34.3 Å². The number of methoxy groups -OCH3 is 1. The first-order chi connectivity index (χ1) is 14.6. The second kappa shape index (κ2) is 7.79. The van der Waals surface area contributed by atoms with E-state index in [2.05, 4.69) is 10.3 Å². The number of carbonyl (C=O) groups excluding carboxylic acids is 1. The Hall–Kier alpha value is -2.81. The molecule has 0 bridgehead atoms. The van der Waals surface area contributed by atoms with Crippen molar-refractivity contribution < 1.29 is 19.0 Å². The second-order valence-electron chi connectivity index (χ2n) is 6.46. The quantitative estimate of drug-likeness (QED) is 0.424. The van der Waals surface area contributed by atoms with Crippen molar-refractivity contribution in [3.8, 4) is 28.5 Å². The molecule has 1 N–H and O–H groups in total. The van der Waals surface area contributed by atoms with Gasteiger partial charge < -0.3 is 14.2 Å². The molecule has 5 rings (SSSR count). The van der Waals surface area contributed by atoms with Gasteiger partial charge >= 0.3 is 0 Å². The highest BCUT2D eigenvalue weighted by molar-refractivity contribution is 7.22. The highest BCUT2D eigenvalue weighted by Gasteiger charge is 2.19. The number of anilines is 1. The summed E-state index contributed by atoms with van der Waals surface area (Å²) in [6, 6.07) is 11.2. The molecule has 0 radical (unpaired) electrons. The topological polar surface area (TPSA) is 69.7 Å². The first kappa shape index (κ1) is 19.2. The summed E-state index contributed by atoms with van der Waals surface area (Å²) < 4.78 is 17.3. The fourth-order valence-corrected chi connectivity index (χ4v) is 5.24. The maximum absolute atomic E-state index is 12.8. The first-order valence-electron chi connectivity index (χ1n) is 9.05. The lowest BCUT2D eigenvalue weighted by atomic mass is 10.1. The van der Waals surface area contributed by atoms with Crippen molar-refractivity contribution in [2.24, 2.45) is 0 Å². The van der Waals surface area contributed by atoms with E-state index in [9.17, 15) is 4.79 Å². The predicted molar refractivity (Wildman–Crippen MR) is 120 cm³/mol. The van der Waals surface area contributed by atoms with Crippen molar-refractivity contribution in [2.75, 3.05) is 25.6 Å². The Morgan fingerprint density at radius 1 is 1.17 bits per heavy atom. The molecule has 1 aliphatic rings. The maximum Gasteiger partial charge on any atom is 0.269 e. The number of rotatable bonds is 4. The Balaban J connectivity index is 1.38. The average molecular weight is 459 g/mol. The molecule has 0 unspecified atom stereocenters. The van der Waals surface area contributed by atoms with Crippen LogP contribution in [0.25, 0.3) is 21.3 Å². The number of ether oxygens (including phenoxy) is 3. The average Bonchev–Trinajstić information content (AvgIpc) is 3.37. The van der Waals surface area contributed by atoms with Gasteiger partial charge in [-0.25, -0.2) is 4.98 Å². The Morgan fingerprint density at radius 3 is 2.83 bits per heavy atom. The summed E-state index contributed by atoms with van der Waals surface area (Å²) in [4.78, 5) is 17.8. The number of fused-ring (bicyclic) bond motifs is 2. The molecule has 0 spiro atoms. The minimum Gasteiger partial charge on any atom is -0.497 e. The van der Waals surface area contributed by atoms with Crippen molar-refractivity contribution in [2.45, 2.75) is 0 Å². The van der Waals surface area contributed by atoms with E-state index in [1.165, 1.54) is 22.7 Å². The third kappa shape index (κ3) is 3.47. The van der Waals surface area contributed by atoms with E-state index in [4.69, 9.17) is 25.8 Å². The standard InChI is InChI=1S/C21H15ClN2O4S2/c1-26-12-3-5-17-13(9-12)18(22)19(30-17)20(25)24-21-23-14(10-29-21)11-2-4-15-16(8-11)28-7-6-27-15/h2-5,8-10H,6-7H2,1H3,(H,23,24,25). The minimum atomic E-state index is -0.289. The number of nitrogens with zero attached hydrogens (tertiary/aromatic N) is 1. The fourth-order valence-electron chi connectivity index (χ4n) is 3.14. The lowest BCUT2D eigenvalue weighted by Gasteiger charge is -2.18. The molecule has 152 valence electrons. The molecule has 2 aromatic heterocycles. The SMILES string of the molecule is COc1ccc2sc(C(=O)Nc3nc(-c4ccc5c(c4)OCCO5)cs3)c(Cl)c2c1. The molecule has 6 nitrogen and oxygen atoms in total. The summed E-state index contributed by atoms with van der Waals surface area (Å²) in [6.07, 6.45) is 0. The molecule has 2 aromatic carbocycles. The largest absolute Gasteiger partial charge is 0.497 e. The van der Waals surface area contributed by atoms with E-state index in [1.54, 1.807) is 7.11 Å². The monoisotopic (exact) mass is 458 g/mol. The van der Waals surface area contributed by atoms with Gasteiger partial charge in [0.15, 0.2) is 16.6 Å². The number of thiophene rings is 1. The van der Waals surface area contributed by atoms with Gasteiger partial charge in [-0.1, -0.05) is 11.6 Å². The summed E-state index contributed by atoms with van der Waals surface area (Å²) in [5, 5.41) is 6.44. The third-order valence-corrected chi connectivity index (χ3v) is 7.04. The molecule has 4 aromatic rings. The molecule has 1 amide bonds. The molecule has 0 saturated carbocycles. The van der Waals surface area contributed by atoms with Gasteiger partial charge in [-0.2, -0.15) is 0 Å². The van der Waals surface area contributed by atoms with Gasteiger partial charge in [-0.3, -0.25) is 10.1 Å². The number of benzene rings is 2. The molecule has 3 heterocycles. The Morgan fingerprint density at radius 2 is 2.00 bits per heavy atom. The molecule has 0 atom stereocenters. The van der Waals surface area contributed by atoms with Crippen LogP contribution in [0.4, 0.5) is 5.13 Å². The number of hydrogen-bond donors (Lipinski definition) is 1. The van der Waals surface area contributed by atoms with Gasteiger partial charge in [0.1, 0.15) is 23.8 Å². The number of thiazole rings is 1. The van der Waals surface area contributed by atoms with E-state index in [1.807, 2.05) is 41.8 Å². The number of halogens is 1. The van der Waals surface area contributed by atoms with E-state index in [-0.39, 0.29) is 5.91 Å². The minimum absolute atomic E-state index is 0.289. The Labute approximate surface area is 185 Å². The molecule has 0 fully saturated rings. The normalized spacial score (nSPS) is 12.7. The maximum atomic E-state index is 12.8. The van der Waals surface area contributed by atoms with E-state index >= 15 is 0 Å². The van der Waals surface area contributed by atoms with Crippen molar-refractivity contribution in [1.82, 2.24) is 4.98 Å². The number of amides is 1. The number of hydrogen-bond acceptors (Lipinski definition) is 7. The van der Waals surface area contributed by atoms with E-state index < -0.39 is 0 Å². The summed E-state index contributed by atoms with van der Waals surface area (Å²) in [5.41, 5.74) is 1.64. The molecule has 0 saturated heterocycles. The predicted octanol–water partition coefficient (Wildman–Crippen LogP) is 5.71. The molecular weight excluding hydrogens is 444 g/mol. The van der Waals surface area contributed by atoms with Crippen molar-refractivity contribution in [3.63, 3.8) is 0 Å². The van der Waals surface area contributed by atoms with E-state index in [0.29, 0.717) is 39.7 Å². The zero-order valence-electron chi connectivity index (χ0n) is 15.7. The zero-order valence-corrected chi connectivity index (χ0v) is 18.1. The lowest BCUT2D eigenvalue weighted by molar-refractivity contribution is 0.103. The second-order valence-corrected chi connectivity index (χ2v) is 8.75. The van der Waals surface area contributed by atoms with Gasteiger partial charge in [0.2, 0.25) is 0 Å². The smallest absolute Gasteiger partial charge is 0.269 e. The highest BCUT2D eigenvalue weighted by Crippen LogP contribution is 2.38. The van der Waals surface area contributed by atoms with Gasteiger partial charge in [-0.15, -0.1) is 22.7 Å². The zero-order chi connectivity index (χ0) is 20.7. The van der Waals surface area contributed by atoms with Crippen LogP contribution in [-0.2, 0) is 0 Å². The molecule has 0 aliphatic carbocycles. The third-order valence-electron chi connectivity index (χ3n) is 4.60. The van der Waals surface area contributed by atoms with Gasteiger partial charge in [0, 0.05) is 21.0 Å².